The number of benzene rings is 4. The molecule has 5 rings (SSSR count). The average Bonchev–Trinajstić information content (AvgIpc) is 3.05. The van der Waals surface area contributed by atoms with Crippen molar-refractivity contribution in [3.05, 3.63) is 136 Å². The zero-order chi connectivity index (χ0) is 30.2. The van der Waals surface area contributed by atoms with Crippen LogP contribution in [-0.4, -0.2) is 27.5 Å². The van der Waals surface area contributed by atoms with Crippen LogP contribution >= 0.6 is 0 Å². The quantitative estimate of drug-likeness (QED) is 0.142. The van der Waals surface area contributed by atoms with Gasteiger partial charge in [-0.25, -0.2) is 4.98 Å². The summed E-state index contributed by atoms with van der Waals surface area (Å²) < 4.78 is 7.02. The van der Waals surface area contributed by atoms with Crippen LogP contribution in [0.4, 0.5) is 0 Å². The number of carbonyl (C=O) groups is 1. The molecule has 4 aromatic carbocycles. The number of aromatic nitrogens is 2. The van der Waals surface area contributed by atoms with Crippen molar-refractivity contribution in [3.8, 4) is 11.4 Å². The summed E-state index contributed by atoms with van der Waals surface area (Å²) in [7, 11) is 1.61. The first-order valence-electron chi connectivity index (χ1n) is 15.1. The highest BCUT2D eigenvalue weighted by Crippen LogP contribution is 2.30. The van der Waals surface area contributed by atoms with Crippen molar-refractivity contribution in [2.75, 3.05) is 7.11 Å². The van der Waals surface area contributed by atoms with E-state index in [0.717, 1.165) is 18.4 Å². The van der Waals surface area contributed by atoms with Gasteiger partial charge in [0.05, 0.1) is 29.7 Å². The van der Waals surface area contributed by atoms with Crippen LogP contribution in [0, 0.1) is 0 Å². The van der Waals surface area contributed by atoms with E-state index < -0.39 is 6.04 Å². The molecule has 0 fully saturated rings. The summed E-state index contributed by atoms with van der Waals surface area (Å²) in [6.07, 6.45) is 5.07. The van der Waals surface area contributed by atoms with Gasteiger partial charge in [-0.1, -0.05) is 81.3 Å². The lowest BCUT2D eigenvalue weighted by Gasteiger charge is -2.32. The fraction of sp³-hybridized carbons (Fsp3) is 0.270. The number of unbranched alkanes of at least 4 members (excludes halogenated alkanes) is 2. The van der Waals surface area contributed by atoms with Crippen molar-refractivity contribution in [3.63, 3.8) is 0 Å². The third-order valence-electron chi connectivity index (χ3n) is 7.92. The van der Waals surface area contributed by atoms with E-state index in [9.17, 15) is 9.59 Å². The first kappa shape index (κ1) is 29.8. The Bertz CT molecular complexity index is 1710. The molecule has 0 saturated heterocycles. The van der Waals surface area contributed by atoms with E-state index in [2.05, 4.69) is 19.1 Å². The van der Waals surface area contributed by atoms with E-state index in [4.69, 9.17) is 9.72 Å². The molecule has 6 heteroatoms. The maximum absolute atomic E-state index is 14.4. The summed E-state index contributed by atoms with van der Waals surface area (Å²) in [4.78, 5) is 35.4. The Morgan fingerprint density at radius 3 is 2.21 bits per heavy atom. The number of aryl methyl sites for hydroxylation is 1. The fourth-order valence-electron chi connectivity index (χ4n) is 5.56. The second-order valence-corrected chi connectivity index (χ2v) is 10.8. The van der Waals surface area contributed by atoms with Gasteiger partial charge in [-0.15, -0.1) is 0 Å². The van der Waals surface area contributed by atoms with Gasteiger partial charge in [-0.05, 0) is 78.9 Å². The lowest BCUT2D eigenvalue weighted by Crippen LogP contribution is -2.38. The largest absolute Gasteiger partial charge is 0.497 e. The molecule has 6 nitrogen and oxygen atoms in total. The predicted octanol–water partition coefficient (Wildman–Crippen LogP) is 7.92. The molecule has 0 N–H and O–H groups in total. The number of amides is 1. The van der Waals surface area contributed by atoms with Crippen LogP contribution in [0.5, 0.6) is 5.75 Å². The van der Waals surface area contributed by atoms with Crippen LogP contribution in [-0.2, 0) is 13.0 Å². The maximum atomic E-state index is 14.4. The smallest absolute Gasteiger partial charge is 0.266 e. The second-order valence-electron chi connectivity index (χ2n) is 10.8. The molecule has 1 aromatic heterocycles. The maximum Gasteiger partial charge on any atom is 0.266 e. The van der Waals surface area contributed by atoms with Gasteiger partial charge in [0.2, 0.25) is 0 Å². The summed E-state index contributed by atoms with van der Waals surface area (Å²) in [5.41, 5.74) is 3.96. The molecule has 1 heterocycles. The lowest BCUT2D eigenvalue weighted by molar-refractivity contribution is 0.0640. The molecule has 0 aliphatic carbocycles. The monoisotopic (exact) mass is 573 g/mol. The number of rotatable bonds is 12. The van der Waals surface area contributed by atoms with Gasteiger partial charge >= 0.3 is 0 Å². The molecule has 0 bridgehead atoms. The molecule has 5 aromatic rings. The summed E-state index contributed by atoms with van der Waals surface area (Å²) in [5.74, 6) is 1.12. The van der Waals surface area contributed by atoms with Gasteiger partial charge in [-0.3, -0.25) is 14.2 Å². The van der Waals surface area contributed by atoms with Gasteiger partial charge in [-0.2, -0.15) is 0 Å². The summed E-state index contributed by atoms with van der Waals surface area (Å²) in [6.45, 7) is 4.61. The van der Waals surface area contributed by atoms with Crippen molar-refractivity contribution in [2.45, 2.75) is 58.5 Å². The fourth-order valence-corrected chi connectivity index (χ4v) is 5.56. The Hall–Kier alpha value is -4.71. The van der Waals surface area contributed by atoms with E-state index in [-0.39, 0.29) is 11.5 Å². The Balaban J connectivity index is 1.63. The van der Waals surface area contributed by atoms with E-state index >= 15 is 0 Å². The highest BCUT2D eigenvalue weighted by molar-refractivity contribution is 5.94. The lowest BCUT2D eigenvalue weighted by atomic mass is 10.0. The first-order valence-corrected chi connectivity index (χ1v) is 15.1. The van der Waals surface area contributed by atoms with Crippen LogP contribution in [0.2, 0.25) is 0 Å². The summed E-state index contributed by atoms with van der Waals surface area (Å²) >= 11 is 0. The minimum atomic E-state index is -0.476. The Labute approximate surface area is 253 Å². The molecule has 43 heavy (non-hydrogen) atoms. The molecule has 1 amide bonds. The number of hydrogen-bond donors (Lipinski definition) is 0. The molecule has 0 aliphatic heterocycles. The third-order valence-corrected chi connectivity index (χ3v) is 7.92. The minimum absolute atomic E-state index is 0.0977. The van der Waals surface area contributed by atoms with Crippen LogP contribution in [0.1, 0.15) is 72.9 Å². The molecule has 0 radical (unpaired) electrons. The van der Waals surface area contributed by atoms with Gasteiger partial charge in [0, 0.05) is 12.1 Å². The van der Waals surface area contributed by atoms with E-state index in [1.165, 1.54) is 18.4 Å². The van der Waals surface area contributed by atoms with Crippen LogP contribution in [0.25, 0.3) is 16.6 Å². The second kappa shape index (κ2) is 14.0. The highest BCUT2D eigenvalue weighted by atomic mass is 16.5. The number of para-hydroxylation sites is 1. The molecule has 220 valence electrons. The normalized spacial score (nSPS) is 11.8. The molecular weight excluding hydrogens is 534 g/mol. The van der Waals surface area contributed by atoms with Crippen LogP contribution < -0.4 is 10.3 Å². The van der Waals surface area contributed by atoms with Crippen LogP contribution in [0.15, 0.2) is 108 Å². The zero-order valence-electron chi connectivity index (χ0n) is 25.2. The summed E-state index contributed by atoms with van der Waals surface area (Å²) in [5, 5.41) is 0.525. The molecule has 1 atom stereocenters. The average molecular weight is 574 g/mol. The van der Waals surface area contributed by atoms with Crippen molar-refractivity contribution in [1.29, 1.82) is 0 Å². The van der Waals surface area contributed by atoms with Crippen LogP contribution in [0.3, 0.4) is 0 Å². The molecular formula is C37H39N3O3. The third kappa shape index (κ3) is 6.69. The number of ether oxygens (including phenoxy) is 1. The summed E-state index contributed by atoms with van der Waals surface area (Å²) in [6, 6.07) is 32.2. The first-order chi connectivity index (χ1) is 21.0. The Morgan fingerprint density at radius 1 is 0.837 bits per heavy atom. The van der Waals surface area contributed by atoms with Gasteiger partial charge in [0.1, 0.15) is 11.6 Å². The molecule has 0 saturated carbocycles. The van der Waals surface area contributed by atoms with Crippen molar-refractivity contribution < 1.29 is 9.53 Å². The van der Waals surface area contributed by atoms with E-state index in [0.29, 0.717) is 46.7 Å². The minimum Gasteiger partial charge on any atom is -0.497 e. The SMILES string of the molecule is CCCCCc1ccc(C(=O)N(Cc2ccccc2)C(CC)c2nc3ccccc3c(=O)n2-c2ccc(OC)cc2)cc1. The number of fused-ring (bicyclic) bond motifs is 1. The Morgan fingerprint density at radius 2 is 1.53 bits per heavy atom. The highest BCUT2D eigenvalue weighted by Gasteiger charge is 2.30. The Kier molecular flexibility index (Phi) is 9.67. The predicted molar refractivity (Wildman–Crippen MR) is 173 cm³/mol. The standard InChI is InChI=1S/C37H39N3O3/c1-4-6-8-13-27-18-20-29(21-19-27)36(41)39(26-28-14-9-7-10-15-28)34(5-2)35-38-33-17-12-11-16-32(33)37(42)40(35)30-22-24-31(43-3)25-23-30/h7,9-12,14-25,34H,4-6,8,13,26H2,1-3H3. The number of carbonyl (C=O) groups excluding carboxylic acids is 1. The van der Waals surface area contributed by atoms with Crippen molar-refractivity contribution >= 4 is 16.8 Å². The number of nitrogens with zero attached hydrogens (tertiary/aromatic N) is 3. The van der Waals surface area contributed by atoms with Gasteiger partial charge in [0.25, 0.3) is 11.5 Å². The number of methoxy groups -OCH3 is 1. The van der Waals surface area contributed by atoms with Crippen molar-refractivity contribution in [2.24, 2.45) is 0 Å². The van der Waals surface area contributed by atoms with Gasteiger partial charge < -0.3 is 9.64 Å². The zero-order valence-corrected chi connectivity index (χ0v) is 25.2. The van der Waals surface area contributed by atoms with E-state index in [1.54, 1.807) is 17.7 Å². The van der Waals surface area contributed by atoms with Crippen molar-refractivity contribution in [1.82, 2.24) is 14.5 Å². The molecule has 0 spiro atoms. The van der Waals surface area contributed by atoms with Gasteiger partial charge in [0.15, 0.2) is 0 Å². The molecule has 0 aliphatic rings. The molecule has 1 unspecified atom stereocenters. The number of hydrogen-bond acceptors (Lipinski definition) is 4. The topological polar surface area (TPSA) is 64.4 Å². The van der Waals surface area contributed by atoms with E-state index in [1.807, 2.05) is 96.8 Å².